The Hall–Kier alpha value is -1.80. The van der Waals surface area contributed by atoms with Crippen molar-refractivity contribution in [2.24, 2.45) is 0 Å². The quantitative estimate of drug-likeness (QED) is 0.474. The molecule has 0 aliphatic carbocycles. The maximum atomic E-state index is 6.42. The summed E-state index contributed by atoms with van der Waals surface area (Å²) in [6.07, 6.45) is 10.3. The van der Waals surface area contributed by atoms with Crippen LogP contribution in [0.15, 0.2) is 65.5 Å². The summed E-state index contributed by atoms with van der Waals surface area (Å²) in [7, 11) is 0. The van der Waals surface area contributed by atoms with Gasteiger partial charge >= 0.3 is 0 Å². The van der Waals surface area contributed by atoms with E-state index in [0.29, 0.717) is 0 Å². The fourth-order valence-electron chi connectivity index (χ4n) is 3.07. The lowest BCUT2D eigenvalue weighted by atomic mass is 10.1. The van der Waals surface area contributed by atoms with Crippen molar-refractivity contribution in [3.8, 4) is 0 Å². The Kier molecular flexibility index (Phi) is 8.00. The molecule has 2 rings (SSSR count). The fraction of sp³-hybridized carbons (Fsp3) is 0.478. The largest absolute Gasteiger partial charge is 0.489 e. The van der Waals surface area contributed by atoms with Crippen molar-refractivity contribution in [3.63, 3.8) is 0 Å². The Morgan fingerprint density at radius 3 is 2.56 bits per heavy atom. The van der Waals surface area contributed by atoms with E-state index in [4.69, 9.17) is 4.74 Å². The van der Waals surface area contributed by atoms with E-state index >= 15 is 0 Å². The van der Waals surface area contributed by atoms with Gasteiger partial charge in [-0.1, -0.05) is 48.1 Å². The second kappa shape index (κ2) is 10.2. The Morgan fingerprint density at radius 2 is 1.88 bits per heavy atom. The summed E-state index contributed by atoms with van der Waals surface area (Å²) < 4.78 is 6.42. The molecule has 0 spiro atoms. The molecule has 1 aromatic carbocycles. The van der Waals surface area contributed by atoms with Gasteiger partial charge in [-0.25, -0.2) is 0 Å². The first kappa shape index (κ1) is 19.5. The minimum Gasteiger partial charge on any atom is -0.489 e. The highest BCUT2D eigenvalue weighted by atomic mass is 16.5. The van der Waals surface area contributed by atoms with Crippen LogP contribution in [0.5, 0.6) is 0 Å². The molecule has 0 radical (unpaired) electrons. The van der Waals surface area contributed by atoms with Crippen LogP contribution in [0.2, 0.25) is 0 Å². The van der Waals surface area contributed by atoms with Crippen molar-refractivity contribution in [3.05, 3.63) is 71.0 Å². The summed E-state index contributed by atoms with van der Waals surface area (Å²) in [5.74, 6) is 1.02. The summed E-state index contributed by atoms with van der Waals surface area (Å²) in [6.45, 7) is 11.6. The first-order valence-electron chi connectivity index (χ1n) is 9.50. The van der Waals surface area contributed by atoms with E-state index in [-0.39, 0.29) is 6.10 Å². The van der Waals surface area contributed by atoms with Gasteiger partial charge in [-0.3, -0.25) is 4.90 Å². The van der Waals surface area contributed by atoms with Crippen LogP contribution in [-0.2, 0) is 11.3 Å². The van der Waals surface area contributed by atoms with Crippen molar-refractivity contribution in [1.82, 2.24) is 4.90 Å². The zero-order valence-corrected chi connectivity index (χ0v) is 16.3. The second-order valence-electron chi connectivity index (χ2n) is 7.19. The summed E-state index contributed by atoms with van der Waals surface area (Å²) in [6, 6.07) is 10.8. The average molecular weight is 340 g/mol. The smallest absolute Gasteiger partial charge is 0.118 e. The Morgan fingerprint density at radius 1 is 1.12 bits per heavy atom. The molecular weight excluding hydrogens is 306 g/mol. The van der Waals surface area contributed by atoms with Crippen LogP contribution in [0, 0.1) is 0 Å². The molecule has 1 unspecified atom stereocenters. The number of likely N-dealkylation sites (tertiary alicyclic amines) is 1. The van der Waals surface area contributed by atoms with Gasteiger partial charge in [0, 0.05) is 13.1 Å². The molecule has 1 aliphatic rings. The topological polar surface area (TPSA) is 12.5 Å². The predicted molar refractivity (Wildman–Crippen MR) is 107 cm³/mol. The number of hydrogen-bond acceptors (Lipinski definition) is 2. The van der Waals surface area contributed by atoms with Crippen LogP contribution >= 0.6 is 0 Å². The molecule has 1 fully saturated rings. The lowest BCUT2D eigenvalue weighted by molar-refractivity contribution is 0.0823. The van der Waals surface area contributed by atoms with Crippen molar-refractivity contribution >= 4 is 0 Å². The summed E-state index contributed by atoms with van der Waals surface area (Å²) >= 11 is 0. The molecule has 2 nitrogen and oxygen atoms in total. The third-order valence-electron chi connectivity index (χ3n) is 4.70. The predicted octanol–water partition coefficient (Wildman–Crippen LogP) is 5.87. The molecule has 136 valence electrons. The van der Waals surface area contributed by atoms with Crippen LogP contribution in [0.1, 0.15) is 52.5 Å². The van der Waals surface area contributed by atoms with E-state index in [0.717, 1.165) is 31.8 Å². The first-order valence-corrected chi connectivity index (χ1v) is 9.50. The van der Waals surface area contributed by atoms with Crippen LogP contribution in [0.3, 0.4) is 0 Å². The third-order valence-corrected chi connectivity index (χ3v) is 4.70. The SMILES string of the molecule is C/C=C(C)\C=C/C(OC1CCCCN(Cc2ccccc2)C1)=C(C)C. The van der Waals surface area contributed by atoms with Crippen LogP contribution in [-0.4, -0.2) is 24.1 Å². The molecule has 1 saturated heterocycles. The zero-order chi connectivity index (χ0) is 18.1. The van der Waals surface area contributed by atoms with Gasteiger partial charge in [0.15, 0.2) is 0 Å². The summed E-state index contributed by atoms with van der Waals surface area (Å²) in [5.41, 5.74) is 3.88. The molecular formula is C23H33NO. The lowest BCUT2D eigenvalue weighted by Crippen LogP contribution is -2.32. The molecule has 1 heterocycles. The number of nitrogens with zero attached hydrogens (tertiary/aromatic N) is 1. The highest BCUT2D eigenvalue weighted by Crippen LogP contribution is 2.20. The molecule has 0 N–H and O–H groups in total. The zero-order valence-electron chi connectivity index (χ0n) is 16.3. The number of hydrogen-bond donors (Lipinski definition) is 0. The molecule has 0 amide bonds. The van der Waals surface area contributed by atoms with Gasteiger partial charge in [0.25, 0.3) is 0 Å². The molecule has 1 aromatic rings. The van der Waals surface area contributed by atoms with E-state index in [1.807, 2.05) is 0 Å². The first-order chi connectivity index (χ1) is 12.1. The Bertz CT molecular complexity index is 608. The summed E-state index contributed by atoms with van der Waals surface area (Å²) in [5, 5.41) is 0. The Balaban J connectivity index is 2.01. The molecule has 2 heteroatoms. The van der Waals surface area contributed by atoms with Crippen LogP contribution < -0.4 is 0 Å². The van der Waals surface area contributed by atoms with Gasteiger partial charge in [0.2, 0.25) is 0 Å². The minimum absolute atomic E-state index is 0.270. The van der Waals surface area contributed by atoms with E-state index in [1.165, 1.54) is 29.6 Å². The van der Waals surface area contributed by atoms with E-state index < -0.39 is 0 Å². The molecule has 0 saturated carbocycles. The molecule has 1 atom stereocenters. The normalized spacial score (nSPS) is 19.7. The average Bonchev–Trinajstić information content (AvgIpc) is 2.83. The maximum absolute atomic E-state index is 6.42. The van der Waals surface area contributed by atoms with E-state index in [2.05, 4.69) is 81.2 Å². The molecule has 0 bridgehead atoms. The highest BCUT2D eigenvalue weighted by Gasteiger charge is 2.20. The van der Waals surface area contributed by atoms with Crippen molar-refractivity contribution in [2.45, 2.75) is 59.6 Å². The van der Waals surface area contributed by atoms with Gasteiger partial charge in [-0.2, -0.15) is 0 Å². The van der Waals surface area contributed by atoms with Crippen LogP contribution in [0.25, 0.3) is 0 Å². The van der Waals surface area contributed by atoms with Crippen molar-refractivity contribution in [1.29, 1.82) is 0 Å². The molecule has 0 aromatic heterocycles. The Labute approximate surface area is 153 Å². The lowest BCUT2D eigenvalue weighted by Gasteiger charge is -2.26. The maximum Gasteiger partial charge on any atom is 0.118 e. The number of allylic oxidation sites excluding steroid dienone is 5. The standard InChI is InChI=1S/C23H33NO/c1-5-20(4)14-15-23(19(2)3)25-22-13-9-10-16-24(18-22)17-21-11-7-6-8-12-21/h5-8,11-12,14-15,22H,9-10,13,16-18H2,1-4H3/b15-14-,20-5-. The van der Waals surface area contributed by atoms with Gasteiger partial charge in [-0.05, 0) is 70.7 Å². The van der Waals surface area contributed by atoms with Gasteiger partial charge in [-0.15, -0.1) is 0 Å². The molecule has 25 heavy (non-hydrogen) atoms. The highest BCUT2D eigenvalue weighted by molar-refractivity contribution is 5.25. The van der Waals surface area contributed by atoms with Gasteiger partial charge < -0.3 is 4.74 Å². The van der Waals surface area contributed by atoms with Crippen molar-refractivity contribution < 1.29 is 4.74 Å². The monoisotopic (exact) mass is 339 g/mol. The minimum atomic E-state index is 0.270. The van der Waals surface area contributed by atoms with Gasteiger partial charge in [0.1, 0.15) is 11.9 Å². The fourth-order valence-corrected chi connectivity index (χ4v) is 3.07. The third kappa shape index (κ3) is 6.91. The summed E-state index contributed by atoms with van der Waals surface area (Å²) in [4.78, 5) is 2.54. The van der Waals surface area contributed by atoms with E-state index in [1.54, 1.807) is 0 Å². The number of ether oxygens (including phenoxy) is 1. The van der Waals surface area contributed by atoms with Crippen LogP contribution in [0.4, 0.5) is 0 Å². The van der Waals surface area contributed by atoms with Crippen molar-refractivity contribution in [2.75, 3.05) is 13.1 Å². The number of rotatable bonds is 6. The number of benzene rings is 1. The van der Waals surface area contributed by atoms with Gasteiger partial charge in [0.05, 0.1) is 0 Å². The molecule has 1 aliphatic heterocycles. The van der Waals surface area contributed by atoms with E-state index in [9.17, 15) is 0 Å². The second-order valence-corrected chi connectivity index (χ2v) is 7.19.